The van der Waals surface area contributed by atoms with Crippen LogP contribution in [0.15, 0.2) is 59.0 Å². The second-order valence-corrected chi connectivity index (χ2v) is 6.77. The third-order valence-corrected chi connectivity index (χ3v) is 4.80. The fourth-order valence-electron chi connectivity index (χ4n) is 3.17. The minimum absolute atomic E-state index is 0.351. The number of aliphatic carboxylic acids is 1. The van der Waals surface area contributed by atoms with E-state index in [9.17, 15) is 9.90 Å². The normalized spacial score (nSPS) is 12.2. The highest BCUT2D eigenvalue weighted by Crippen LogP contribution is 2.28. The molecule has 0 aliphatic heterocycles. The molecule has 29 heavy (non-hydrogen) atoms. The summed E-state index contributed by atoms with van der Waals surface area (Å²) < 4.78 is 13.2. The molecule has 148 valence electrons. The Morgan fingerprint density at radius 3 is 2.66 bits per heavy atom. The summed E-state index contributed by atoms with van der Waals surface area (Å²) >= 11 is 0. The van der Waals surface area contributed by atoms with E-state index in [4.69, 9.17) is 9.15 Å². The summed E-state index contributed by atoms with van der Waals surface area (Å²) in [5.74, 6) is 0.806. The summed E-state index contributed by atoms with van der Waals surface area (Å²) in [5, 5.41) is 14.5. The van der Waals surface area contributed by atoms with Crippen LogP contribution in [-0.4, -0.2) is 32.4 Å². The predicted octanol–water partition coefficient (Wildman–Crippen LogP) is 4.27. The standard InChI is InChI=1S/C22H21N3O4/c1-14(22(26)27)25-19-11-7-6-10-17(19)21(24-25)28-13-12-18-15(2)29-20(23-18)16-8-4-3-5-9-16/h3-11,14H,12-13H2,1-2H3,(H,26,27). The number of oxazole rings is 1. The fraction of sp³-hybridized carbons (Fsp3) is 0.227. The van der Waals surface area contributed by atoms with E-state index >= 15 is 0 Å². The smallest absolute Gasteiger partial charge is 0.328 e. The number of carboxylic acids is 1. The molecular weight excluding hydrogens is 370 g/mol. The lowest BCUT2D eigenvalue weighted by Crippen LogP contribution is -2.16. The molecule has 0 aliphatic rings. The highest BCUT2D eigenvalue weighted by molar-refractivity contribution is 5.86. The van der Waals surface area contributed by atoms with E-state index in [0.717, 1.165) is 27.9 Å². The zero-order chi connectivity index (χ0) is 20.4. The number of benzene rings is 2. The minimum atomic E-state index is -0.948. The number of aryl methyl sites for hydroxylation is 1. The molecule has 1 atom stereocenters. The lowest BCUT2D eigenvalue weighted by molar-refractivity contribution is -0.140. The number of fused-ring (bicyclic) bond motifs is 1. The Labute approximate surface area is 167 Å². The summed E-state index contributed by atoms with van der Waals surface area (Å²) in [6.45, 7) is 3.83. The highest BCUT2D eigenvalue weighted by atomic mass is 16.5. The molecule has 0 fully saturated rings. The molecule has 0 saturated carbocycles. The van der Waals surface area contributed by atoms with Crippen LogP contribution in [0.4, 0.5) is 0 Å². The van der Waals surface area contributed by atoms with E-state index in [2.05, 4.69) is 10.1 Å². The Kier molecular flexibility index (Phi) is 5.03. The van der Waals surface area contributed by atoms with Crippen molar-refractivity contribution in [3.63, 3.8) is 0 Å². The summed E-state index contributed by atoms with van der Waals surface area (Å²) in [5.41, 5.74) is 2.48. The molecule has 1 unspecified atom stereocenters. The molecule has 2 heterocycles. The maximum Gasteiger partial charge on any atom is 0.328 e. The minimum Gasteiger partial charge on any atom is -0.480 e. The van der Waals surface area contributed by atoms with E-state index < -0.39 is 12.0 Å². The first kappa shape index (κ1) is 18.7. The SMILES string of the molecule is Cc1oc(-c2ccccc2)nc1CCOc1nn(C(C)C(=O)O)c2ccccc12. The van der Waals surface area contributed by atoms with Gasteiger partial charge in [0, 0.05) is 12.0 Å². The maximum atomic E-state index is 11.4. The highest BCUT2D eigenvalue weighted by Gasteiger charge is 2.20. The van der Waals surface area contributed by atoms with Crippen molar-refractivity contribution in [3.8, 4) is 17.3 Å². The first-order valence-electron chi connectivity index (χ1n) is 9.39. The predicted molar refractivity (Wildman–Crippen MR) is 108 cm³/mol. The van der Waals surface area contributed by atoms with E-state index in [1.807, 2.05) is 61.5 Å². The zero-order valence-corrected chi connectivity index (χ0v) is 16.2. The van der Waals surface area contributed by atoms with E-state index in [0.29, 0.717) is 24.8 Å². The Hall–Kier alpha value is -3.61. The number of carbonyl (C=O) groups is 1. The lowest BCUT2D eigenvalue weighted by atomic mass is 10.2. The third-order valence-electron chi connectivity index (χ3n) is 4.80. The van der Waals surface area contributed by atoms with Crippen LogP contribution in [0.1, 0.15) is 24.4 Å². The Balaban J connectivity index is 1.51. The molecule has 0 spiro atoms. The maximum absolute atomic E-state index is 11.4. The number of nitrogens with zero attached hydrogens (tertiary/aromatic N) is 3. The molecule has 0 aliphatic carbocycles. The van der Waals surface area contributed by atoms with Gasteiger partial charge in [0.2, 0.25) is 11.8 Å². The molecule has 7 nitrogen and oxygen atoms in total. The van der Waals surface area contributed by atoms with E-state index in [-0.39, 0.29) is 0 Å². The summed E-state index contributed by atoms with van der Waals surface area (Å²) in [7, 11) is 0. The molecule has 0 amide bonds. The summed E-state index contributed by atoms with van der Waals surface area (Å²) in [4.78, 5) is 16.0. The first-order chi connectivity index (χ1) is 14.0. The fourth-order valence-corrected chi connectivity index (χ4v) is 3.17. The molecule has 0 bridgehead atoms. The van der Waals surface area contributed by atoms with Crippen LogP contribution in [-0.2, 0) is 11.2 Å². The van der Waals surface area contributed by atoms with Crippen molar-refractivity contribution in [3.05, 3.63) is 66.1 Å². The van der Waals surface area contributed by atoms with Gasteiger partial charge in [0.05, 0.1) is 23.2 Å². The van der Waals surface area contributed by atoms with Crippen LogP contribution in [0.2, 0.25) is 0 Å². The zero-order valence-electron chi connectivity index (χ0n) is 16.2. The second kappa shape index (κ2) is 7.79. The second-order valence-electron chi connectivity index (χ2n) is 6.77. The van der Waals surface area contributed by atoms with Gasteiger partial charge in [-0.25, -0.2) is 14.5 Å². The third kappa shape index (κ3) is 3.71. The summed E-state index contributed by atoms with van der Waals surface area (Å²) in [6.07, 6.45) is 0.553. The van der Waals surface area contributed by atoms with Gasteiger partial charge in [-0.3, -0.25) is 0 Å². The Bertz CT molecular complexity index is 1150. The molecular formula is C22H21N3O4. The summed E-state index contributed by atoms with van der Waals surface area (Å²) in [6, 6.07) is 16.4. The number of aromatic nitrogens is 3. The molecule has 2 aromatic carbocycles. The van der Waals surface area contributed by atoms with Crippen LogP contribution >= 0.6 is 0 Å². The number of hydrogen-bond donors (Lipinski definition) is 1. The van der Waals surface area contributed by atoms with Crippen molar-refractivity contribution in [2.45, 2.75) is 26.3 Å². The van der Waals surface area contributed by atoms with Gasteiger partial charge in [-0.2, -0.15) is 0 Å². The molecule has 4 aromatic rings. The number of carboxylic acid groups (broad SMARTS) is 1. The van der Waals surface area contributed by atoms with Crippen LogP contribution in [0.3, 0.4) is 0 Å². The molecule has 4 rings (SSSR count). The number of para-hydroxylation sites is 1. The van der Waals surface area contributed by atoms with Gasteiger partial charge in [0.15, 0.2) is 0 Å². The molecule has 1 N–H and O–H groups in total. The molecule has 0 saturated heterocycles. The number of rotatable bonds is 7. The van der Waals surface area contributed by atoms with Gasteiger partial charge in [-0.15, -0.1) is 5.10 Å². The Morgan fingerprint density at radius 2 is 1.90 bits per heavy atom. The van der Waals surface area contributed by atoms with Gasteiger partial charge in [-0.05, 0) is 38.1 Å². The van der Waals surface area contributed by atoms with Crippen molar-refractivity contribution >= 4 is 16.9 Å². The van der Waals surface area contributed by atoms with Gasteiger partial charge in [-0.1, -0.05) is 30.3 Å². The van der Waals surface area contributed by atoms with Crippen LogP contribution < -0.4 is 4.74 Å². The van der Waals surface area contributed by atoms with Gasteiger partial charge >= 0.3 is 5.97 Å². The van der Waals surface area contributed by atoms with Crippen LogP contribution in [0.5, 0.6) is 5.88 Å². The van der Waals surface area contributed by atoms with Crippen molar-refractivity contribution in [1.82, 2.24) is 14.8 Å². The van der Waals surface area contributed by atoms with Crippen LogP contribution in [0, 0.1) is 6.92 Å². The molecule has 7 heteroatoms. The van der Waals surface area contributed by atoms with E-state index in [1.165, 1.54) is 4.68 Å². The first-order valence-corrected chi connectivity index (χ1v) is 9.39. The number of hydrogen-bond acceptors (Lipinski definition) is 5. The number of ether oxygens (including phenoxy) is 1. The van der Waals surface area contributed by atoms with Gasteiger partial charge < -0.3 is 14.3 Å². The monoisotopic (exact) mass is 391 g/mol. The largest absolute Gasteiger partial charge is 0.480 e. The van der Waals surface area contributed by atoms with Crippen molar-refractivity contribution in [1.29, 1.82) is 0 Å². The average Bonchev–Trinajstić information content (AvgIpc) is 3.29. The van der Waals surface area contributed by atoms with Crippen molar-refractivity contribution in [2.75, 3.05) is 6.61 Å². The average molecular weight is 391 g/mol. The molecule has 2 aromatic heterocycles. The van der Waals surface area contributed by atoms with Gasteiger partial charge in [0.25, 0.3) is 0 Å². The van der Waals surface area contributed by atoms with Crippen molar-refractivity contribution < 1.29 is 19.1 Å². The lowest BCUT2D eigenvalue weighted by Gasteiger charge is -2.07. The topological polar surface area (TPSA) is 90.4 Å². The quantitative estimate of drug-likeness (QED) is 0.506. The van der Waals surface area contributed by atoms with Gasteiger partial charge in [0.1, 0.15) is 11.8 Å². The molecule has 0 radical (unpaired) electrons. The van der Waals surface area contributed by atoms with E-state index in [1.54, 1.807) is 6.92 Å². The van der Waals surface area contributed by atoms with Crippen molar-refractivity contribution in [2.24, 2.45) is 0 Å². The van der Waals surface area contributed by atoms with Crippen LogP contribution in [0.25, 0.3) is 22.4 Å². The Morgan fingerprint density at radius 1 is 1.17 bits per heavy atom.